The molecule has 1 aromatic carbocycles. The zero-order chi connectivity index (χ0) is 13.1. The second-order valence-electron chi connectivity index (χ2n) is 4.12. The van der Waals surface area contributed by atoms with Gasteiger partial charge < -0.3 is 5.73 Å². The maximum Gasteiger partial charge on any atom is 0.150 e. The van der Waals surface area contributed by atoms with Crippen LogP contribution in [0.1, 0.15) is 31.1 Å². The Labute approximate surface area is 106 Å². The standard InChI is InChI=1S/C13H17FN4/c1-3-12-16-13(4-2)18(17-12)8-9-10(14)6-5-7-11(9)15/h5-7H,3-4,8,15H2,1-2H3. The number of benzene rings is 1. The minimum Gasteiger partial charge on any atom is -0.398 e. The van der Waals surface area contributed by atoms with Crippen molar-refractivity contribution in [3.63, 3.8) is 0 Å². The van der Waals surface area contributed by atoms with Crippen LogP contribution in [-0.4, -0.2) is 14.8 Å². The smallest absolute Gasteiger partial charge is 0.150 e. The van der Waals surface area contributed by atoms with E-state index in [4.69, 9.17) is 5.73 Å². The number of hydrogen-bond donors (Lipinski definition) is 1. The summed E-state index contributed by atoms with van der Waals surface area (Å²) in [4.78, 5) is 4.39. The van der Waals surface area contributed by atoms with Gasteiger partial charge in [-0.15, -0.1) is 0 Å². The van der Waals surface area contributed by atoms with Gasteiger partial charge >= 0.3 is 0 Å². The van der Waals surface area contributed by atoms with Crippen LogP contribution in [0.3, 0.4) is 0 Å². The molecule has 96 valence electrons. The Morgan fingerprint density at radius 1 is 1.28 bits per heavy atom. The fourth-order valence-electron chi connectivity index (χ4n) is 1.86. The van der Waals surface area contributed by atoms with Crippen molar-refractivity contribution in [2.45, 2.75) is 33.2 Å². The van der Waals surface area contributed by atoms with Crippen molar-refractivity contribution in [3.05, 3.63) is 41.2 Å². The average molecular weight is 248 g/mol. The summed E-state index contributed by atoms with van der Waals surface area (Å²) in [5.74, 6) is 1.34. The van der Waals surface area contributed by atoms with Gasteiger partial charge in [0.1, 0.15) is 11.6 Å². The summed E-state index contributed by atoms with van der Waals surface area (Å²) in [6, 6.07) is 4.71. The van der Waals surface area contributed by atoms with E-state index in [0.29, 0.717) is 17.8 Å². The highest BCUT2D eigenvalue weighted by atomic mass is 19.1. The van der Waals surface area contributed by atoms with Gasteiger partial charge in [0.15, 0.2) is 5.82 Å². The van der Waals surface area contributed by atoms with Crippen molar-refractivity contribution in [1.29, 1.82) is 0 Å². The predicted molar refractivity (Wildman–Crippen MR) is 68.7 cm³/mol. The maximum atomic E-state index is 13.7. The summed E-state index contributed by atoms with van der Waals surface area (Å²) in [5, 5.41) is 4.36. The number of halogens is 1. The van der Waals surface area contributed by atoms with Crippen molar-refractivity contribution >= 4 is 5.69 Å². The summed E-state index contributed by atoms with van der Waals surface area (Å²) in [5.41, 5.74) is 6.72. The van der Waals surface area contributed by atoms with Crippen LogP contribution in [-0.2, 0) is 19.4 Å². The molecule has 0 amide bonds. The van der Waals surface area contributed by atoms with Crippen LogP contribution in [0, 0.1) is 5.82 Å². The molecule has 1 heterocycles. The van der Waals surface area contributed by atoms with Gasteiger partial charge in [-0.25, -0.2) is 14.1 Å². The number of nitrogens with two attached hydrogens (primary N) is 1. The minimum atomic E-state index is -0.300. The second kappa shape index (κ2) is 5.16. The van der Waals surface area contributed by atoms with Crippen molar-refractivity contribution < 1.29 is 4.39 Å². The molecule has 0 aliphatic carbocycles. The SMILES string of the molecule is CCc1nc(CC)n(Cc2c(N)cccc2F)n1. The first-order chi connectivity index (χ1) is 8.65. The lowest BCUT2D eigenvalue weighted by Gasteiger charge is -2.08. The number of hydrogen-bond acceptors (Lipinski definition) is 3. The Bertz CT molecular complexity index is 528. The van der Waals surface area contributed by atoms with Crippen LogP contribution in [0.2, 0.25) is 0 Å². The molecular formula is C13H17FN4. The lowest BCUT2D eigenvalue weighted by molar-refractivity contribution is 0.574. The third kappa shape index (κ3) is 2.34. The molecular weight excluding hydrogens is 231 g/mol. The molecule has 0 unspecified atom stereocenters. The summed E-state index contributed by atoms with van der Waals surface area (Å²) in [6.45, 7) is 4.33. The first-order valence-electron chi connectivity index (χ1n) is 6.11. The van der Waals surface area contributed by atoms with E-state index >= 15 is 0 Å². The lowest BCUT2D eigenvalue weighted by Crippen LogP contribution is -2.10. The second-order valence-corrected chi connectivity index (χ2v) is 4.12. The van der Waals surface area contributed by atoms with Gasteiger partial charge in [0, 0.05) is 24.1 Å². The van der Waals surface area contributed by atoms with Crippen LogP contribution in [0.25, 0.3) is 0 Å². The quantitative estimate of drug-likeness (QED) is 0.844. The molecule has 0 saturated heterocycles. The number of nitrogens with zero attached hydrogens (tertiary/aromatic N) is 3. The Kier molecular flexibility index (Phi) is 3.60. The van der Waals surface area contributed by atoms with Crippen LogP contribution < -0.4 is 5.73 Å². The minimum absolute atomic E-state index is 0.300. The van der Waals surface area contributed by atoms with E-state index in [1.54, 1.807) is 16.8 Å². The first-order valence-corrected chi connectivity index (χ1v) is 6.11. The van der Waals surface area contributed by atoms with E-state index in [9.17, 15) is 4.39 Å². The lowest BCUT2D eigenvalue weighted by atomic mass is 10.1. The Morgan fingerprint density at radius 3 is 2.67 bits per heavy atom. The van der Waals surface area contributed by atoms with E-state index in [1.165, 1.54) is 6.07 Å². The van der Waals surface area contributed by atoms with Crippen molar-refractivity contribution in [2.75, 3.05) is 5.73 Å². The highest BCUT2D eigenvalue weighted by Gasteiger charge is 2.12. The molecule has 1 aromatic heterocycles. The van der Waals surface area contributed by atoms with Crippen LogP contribution in [0.5, 0.6) is 0 Å². The van der Waals surface area contributed by atoms with Gasteiger partial charge in [-0.1, -0.05) is 19.9 Å². The number of aryl methyl sites for hydroxylation is 2. The molecule has 0 aliphatic heterocycles. The third-order valence-corrected chi connectivity index (χ3v) is 2.89. The van der Waals surface area contributed by atoms with Crippen LogP contribution in [0.15, 0.2) is 18.2 Å². The van der Waals surface area contributed by atoms with Gasteiger partial charge in [-0.3, -0.25) is 0 Å². The zero-order valence-corrected chi connectivity index (χ0v) is 10.7. The molecule has 5 heteroatoms. The average Bonchev–Trinajstić information content (AvgIpc) is 2.76. The van der Waals surface area contributed by atoms with Gasteiger partial charge in [-0.05, 0) is 12.1 Å². The highest BCUT2D eigenvalue weighted by Crippen LogP contribution is 2.17. The van der Waals surface area contributed by atoms with E-state index in [1.807, 2.05) is 13.8 Å². The number of aromatic nitrogens is 3. The molecule has 0 bridgehead atoms. The molecule has 2 rings (SSSR count). The number of anilines is 1. The fourth-order valence-corrected chi connectivity index (χ4v) is 1.86. The summed E-state index contributed by atoms with van der Waals surface area (Å²) < 4.78 is 15.4. The topological polar surface area (TPSA) is 56.7 Å². The van der Waals surface area contributed by atoms with Crippen LogP contribution >= 0.6 is 0 Å². The first kappa shape index (κ1) is 12.5. The summed E-state index contributed by atoms with van der Waals surface area (Å²) >= 11 is 0. The highest BCUT2D eigenvalue weighted by molar-refractivity contribution is 5.47. The molecule has 0 saturated carbocycles. The monoisotopic (exact) mass is 248 g/mol. The van der Waals surface area contributed by atoms with Gasteiger partial charge in [-0.2, -0.15) is 5.10 Å². The summed E-state index contributed by atoms with van der Waals surface area (Å²) in [6.07, 6.45) is 1.54. The predicted octanol–water partition coefficient (Wildman–Crippen LogP) is 2.17. The normalized spacial score (nSPS) is 10.8. The van der Waals surface area contributed by atoms with Gasteiger partial charge in [0.05, 0.1) is 6.54 Å². The third-order valence-electron chi connectivity index (χ3n) is 2.89. The molecule has 0 radical (unpaired) electrons. The fraction of sp³-hybridized carbons (Fsp3) is 0.385. The molecule has 0 aliphatic rings. The number of nitrogen functional groups attached to an aromatic ring is 1. The molecule has 2 N–H and O–H groups in total. The van der Waals surface area contributed by atoms with Gasteiger partial charge in [0.2, 0.25) is 0 Å². The molecule has 18 heavy (non-hydrogen) atoms. The largest absolute Gasteiger partial charge is 0.398 e. The van der Waals surface area contributed by atoms with Crippen molar-refractivity contribution in [2.24, 2.45) is 0 Å². The van der Waals surface area contributed by atoms with Crippen molar-refractivity contribution in [3.8, 4) is 0 Å². The van der Waals surface area contributed by atoms with E-state index < -0.39 is 0 Å². The Balaban J connectivity index is 2.36. The summed E-state index contributed by atoms with van der Waals surface area (Å²) in [7, 11) is 0. The Morgan fingerprint density at radius 2 is 2.06 bits per heavy atom. The van der Waals surface area contributed by atoms with E-state index in [0.717, 1.165) is 24.5 Å². The molecule has 0 spiro atoms. The van der Waals surface area contributed by atoms with E-state index in [2.05, 4.69) is 10.1 Å². The number of rotatable bonds is 4. The van der Waals surface area contributed by atoms with Crippen molar-refractivity contribution in [1.82, 2.24) is 14.8 Å². The Hall–Kier alpha value is -1.91. The molecule has 4 nitrogen and oxygen atoms in total. The van der Waals surface area contributed by atoms with E-state index in [-0.39, 0.29) is 5.82 Å². The molecule has 0 atom stereocenters. The zero-order valence-electron chi connectivity index (χ0n) is 10.7. The molecule has 0 fully saturated rings. The van der Waals surface area contributed by atoms with Crippen LogP contribution in [0.4, 0.5) is 10.1 Å². The molecule has 2 aromatic rings. The van der Waals surface area contributed by atoms with Gasteiger partial charge in [0.25, 0.3) is 0 Å². The maximum absolute atomic E-state index is 13.7.